The highest BCUT2D eigenvalue weighted by Gasteiger charge is 2.25. The molecule has 1 aliphatic rings. The second-order valence-electron chi connectivity index (χ2n) is 8.09. The summed E-state index contributed by atoms with van der Waals surface area (Å²) >= 11 is 0. The number of sulfonamides is 1. The standard InChI is InChI=1S/C24H30N2O6S/c1-17(23(27)25-19-9-5-4-6-10-19)32-24(28)18-8-7-11-22(16-18)33(29,30)26(2)20-12-14-21(31-3)15-13-20/h7-8,11-17,19H,4-6,9-10H2,1-3H3,(H,25,27). The average Bonchev–Trinajstić information content (AvgIpc) is 2.84. The van der Waals surface area contributed by atoms with Crippen molar-refractivity contribution in [2.75, 3.05) is 18.5 Å². The van der Waals surface area contributed by atoms with Crippen LogP contribution in [0.4, 0.5) is 5.69 Å². The van der Waals surface area contributed by atoms with Crippen LogP contribution >= 0.6 is 0 Å². The van der Waals surface area contributed by atoms with Gasteiger partial charge in [-0.3, -0.25) is 9.10 Å². The highest BCUT2D eigenvalue weighted by atomic mass is 32.2. The minimum atomic E-state index is -3.93. The summed E-state index contributed by atoms with van der Waals surface area (Å²) in [6.07, 6.45) is 4.18. The quantitative estimate of drug-likeness (QED) is 0.588. The Bertz CT molecular complexity index is 1080. The highest BCUT2D eigenvalue weighted by molar-refractivity contribution is 7.92. The lowest BCUT2D eigenvalue weighted by Crippen LogP contribution is -2.42. The van der Waals surface area contributed by atoms with E-state index in [-0.39, 0.29) is 22.4 Å². The molecule has 0 spiro atoms. The van der Waals surface area contributed by atoms with Crippen LogP contribution in [0.1, 0.15) is 49.4 Å². The lowest BCUT2D eigenvalue weighted by Gasteiger charge is -2.24. The third-order valence-electron chi connectivity index (χ3n) is 5.77. The smallest absolute Gasteiger partial charge is 0.338 e. The first-order valence-corrected chi connectivity index (χ1v) is 12.4. The molecule has 1 N–H and O–H groups in total. The van der Waals surface area contributed by atoms with Crippen molar-refractivity contribution in [2.24, 2.45) is 0 Å². The second kappa shape index (κ2) is 10.7. The van der Waals surface area contributed by atoms with Gasteiger partial charge in [-0.15, -0.1) is 0 Å². The molecule has 1 atom stereocenters. The van der Waals surface area contributed by atoms with E-state index in [0.29, 0.717) is 11.4 Å². The zero-order valence-corrected chi connectivity index (χ0v) is 19.9. The van der Waals surface area contributed by atoms with Crippen LogP contribution in [-0.2, 0) is 19.6 Å². The normalized spacial score (nSPS) is 15.4. The number of hydrogen-bond donors (Lipinski definition) is 1. The summed E-state index contributed by atoms with van der Waals surface area (Å²) < 4.78 is 37.7. The molecule has 0 aliphatic heterocycles. The number of rotatable bonds is 8. The molecule has 33 heavy (non-hydrogen) atoms. The van der Waals surface area contributed by atoms with E-state index in [4.69, 9.17) is 9.47 Å². The van der Waals surface area contributed by atoms with Gasteiger partial charge in [0.2, 0.25) is 0 Å². The van der Waals surface area contributed by atoms with E-state index < -0.39 is 22.1 Å². The Morgan fingerprint density at radius 3 is 2.36 bits per heavy atom. The first kappa shape index (κ1) is 24.6. The van der Waals surface area contributed by atoms with E-state index in [1.807, 2.05) is 0 Å². The summed E-state index contributed by atoms with van der Waals surface area (Å²) in [7, 11) is -0.967. The molecular formula is C24H30N2O6S. The summed E-state index contributed by atoms with van der Waals surface area (Å²) in [6.45, 7) is 1.51. The highest BCUT2D eigenvalue weighted by Crippen LogP contribution is 2.25. The summed E-state index contributed by atoms with van der Waals surface area (Å²) in [5.74, 6) is -0.500. The Kier molecular flexibility index (Phi) is 7.97. The summed E-state index contributed by atoms with van der Waals surface area (Å²) in [5, 5.41) is 2.92. The van der Waals surface area contributed by atoms with Gasteiger partial charge in [-0.05, 0) is 62.2 Å². The van der Waals surface area contributed by atoms with Gasteiger partial charge in [0.15, 0.2) is 6.10 Å². The number of carbonyl (C=O) groups excluding carboxylic acids is 2. The van der Waals surface area contributed by atoms with Crippen LogP contribution in [0.15, 0.2) is 53.4 Å². The van der Waals surface area contributed by atoms with Crippen molar-refractivity contribution in [3.8, 4) is 5.75 Å². The first-order chi connectivity index (χ1) is 15.7. The molecule has 1 unspecified atom stereocenters. The molecule has 0 aromatic heterocycles. The number of hydrogen-bond acceptors (Lipinski definition) is 6. The number of carbonyl (C=O) groups is 2. The van der Waals surface area contributed by atoms with Gasteiger partial charge in [0.25, 0.3) is 15.9 Å². The molecule has 1 fully saturated rings. The molecular weight excluding hydrogens is 444 g/mol. The minimum absolute atomic E-state index is 0.0523. The number of esters is 1. The molecule has 178 valence electrons. The molecule has 2 aromatic rings. The van der Waals surface area contributed by atoms with Crippen molar-refractivity contribution < 1.29 is 27.5 Å². The van der Waals surface area contributed by atoms with Gasteiger partial charge in [-0.25, -0.2) is 13.2 Å². The summed E-state index contributed by atoms with van der Waals surface area (Å²) in [6, 6.07) is 12.3. The van der Waals surface area contributed by atoms with Gasteiger partial charge >= 0.3 is 5.97 Å². The lowest BCUT2D eigenvalue weighted by molar-refractivity contribution is -0.130. The van der Waals surface area contributed by atoms with Crippen LogP contribution in [0, 0.1) is 0 Å². The molecule has 9 heteroatoms. The van der Waals surface area contributed by atoms with Crippen LogP contribution in [0.2, 0.25) is 0 Å². The predicted molar refractivity (Wildman–Crippen MR) is 125 cm³/mol. The lowest BCUT2D eigenvalue weighted by atomic mass is 9.95. The maximum Gasteiger partial charge on any atom is 0.338 e. The third kappa shape index (κ3) is 6.04. The van der Waals surface area contributed by atoms with Crippen molar-refractivity contribution in [3.63, 3.8) is 0 Å². The summed E-state index contributed by atoms with van der Waals surface area (Å²) in [5.41, 5.74) is 0.494. The largest absolute Gasteiger partial charge is 0.497 e. The number of nitrogens with one attached hydrogen (secondary N) is 1. The molecule has 0 bridgehead atoms. The van der Waals surface area contributed by atoms with Crippen molar-refractivity contribution in [1.82, 2.24) is 5.32 Å². The molecule has 0 radical (unpaired) electrons. The van der Waals surface area contributed by atoms with E-state index in [1.165, 1.54) is 51.8 Å². The molecule has 0 saturated heterocycles. The number of anilines is 1. The van der Waals surface area contributed by atoms with Gasteiger partial charge in [0, 0.05) is 13.1 Å². The predicted octanol–water partition coefficient (Wildman–Crippen LogP) is 3.51. The fourth-order valence-electron chi connectivity index (χ4n) is 3.72. The topological polar surface area (TPSA) is 102 Å². The van der Waals surface area contributed by atoms with Gasteiger partial charge in [0.1, 0.15) is 5.75 Å². The van der Waals surface area contributed by atoms with Gasteiger partial charge in [-0.2, -0.15) is 0 Å². The Labute approximate surface area is 194 Å². The van der Waals surface area contributed by atoms with E-state index in [9.17, 15) is 18.0 Å². The fourth-order valence-corrected chi connectivity index (χ4v) is 4.96. The van der Waals surface area contributed by atoms with E-state index in [0.717, 1.165) is 30.0 Å². The summed E-state index contributed by atoms with van der Waals surface area (Å²) in [4.78, 5) is 25.0. The van der Waals surface area contributed by atoms with E-state index in [2.05, 4.69) is 5.32 Å². The molecule has 1 aliphatic carbocycles. The Morgan fingerprint density at radius 1 is 1.06 bits per heavy atom. The zero-order valence-electron chi connectivity index (χ0n) is 19.1. The number of amides is 1. The second-order valence-corrected chi connectivity index (χ2v) is 10.1. The minimum Gasteiger partial charge on any atom is -0.497 e. The number of methoxy groups -OCH3 is 1. The fraction of sp³-hybridized carbons (Fsp3) is 0.417. The van der Waals surface area contributed by atoms with Crippen molar-refractivity contribution >= 4 is 27.6 Å². The van der Waals surface area contributed by atoms with Crippen molar-refractivity contribution in [3.05, 3.63) is 54.1 Å². The number of ether oxygens (including phenoxy) is 2. The monoisotopic (exact) mass is 474 g/mol. The van der Waals surface area contributed by atoms with Crippen LogP contribution in [0.3, 0.4) is 0 Å². The molecule has 8 nitrogen and oxygen atoms in total. The SMILES string of the molecule is COc1ccc(N(C)S(=O)(=O)c2cccc(C(=O)OC(C)C(=O)NC3CCCCC3)c2)cc1. The molecule has 1 saturated carbocycles. The third-order valence-corrected chi connectivity index (χ3v) is 7.55. The average molecular weight is 475 g/mol. The molecule has 1 amide bonds. The van der Waals surface area contributed by atoms with Crippen LogP contribution in [0.5, 0.6) is 5.75 Å². The Hall–Kier alpha value is -3.07. The van der Waals surface area contributed by atoms with Gasteiger partial charge in [-0.1, -0.05) is 25.3 Å². The molecule has 0 heterocycles. The Morgan fingerprint density at radius 2 is 1.73 bits per heavy atom. The number of nitrogens with zero attached hydrogens (tertiary/aromatic N) is 1. The molecule has 3 rings (SSSR count). The number of benzene rings is 2. The molecule has 2 aromatic carbocycles. The first-order valence-electron chi connectivity index (χ1n) is 11.0. The van der Waals surface area contributed by atoms with Crippen LogP contribution < -0.4 is 14.4 Å². The van der Waals surface area contributed by atoms with Crippen LogP contribution in [0.25, 0.3) is 0 Å². The zero-order chi connectivity index (χ0) is 24.0. The van der Waals surface area contributed by atoms with E-state index in [1.54, 1.807) is 24.3 Å². The van der Waals surface area contributed by atoms with Crippen molar-refractivity contribution in [2.45, 2.75) is 56.1 Å². The van der Waals surface area contributed by atoms with Crippen LogP contribution in [-0.4, -0.2) is 46.6 Å². The van der Waals surface area contributed by atoms with Crippen molar-refractivity contribution in [1.29, 1.82) is 0 Å². The Balaban J connectivity index is 1.69. The maximum atomic E-state index is 13.1. The van der Waals surface area contributed by atoms with E-state index >= 15 is 0 Å². The maximum absolute atomic E-state index is 13.1. The van der Waals surface area contributed by atoms with Gasteiger partial charge < -0.3 is 14.8 Å². The van der Waals surface area contributed by atoms with Gasteiger partial charge in [0.05, 0.1) is 23.3 Å².